The third kappa shape index (κ3) is 4.19. The van der Waals surface area contributed by atoms with Crippen molar-refractivity contribution in [3.8, 4) is 0 Å². The second-order valence-electron chi connectivity index (χ2n) is 6.46. The molecule has 27 heavy (non-hydrogen) atoms. The standard InChI is InChI=1S/C20H22N2O4S/c1-2-14-27(25,26)18-7-4-3-6-17(18)20(24)21-15-9-11-16(12-10-15)22-13-5-8-19(22)23/h3-4,6-7,9-12H,2,5,8,13-14H2,1H3,(H,21,24). The molecule has 1 aliphatic rings. The SMILES string of the molecule is CCCS(=O)(=O)c1ccccc1C(=O)Nc1ccc(N2CCCC2=O)cc1. The number of amides is 2. The Morgan fingerprint density at radius 3 is 2.44 bits per heavy atom. The van der Waals surface area contributed by atoms with Crippen molar-refractivity contribution in [1.82, 2.24) is 0 Å². The molecule has 0 aromatic heterocycles. The van der Waals surface area contributed by atoms with Crippen LogP contribution in [0.3, 0.4) is 0 Å². The van der Waals surface area contributed by atoms with Crippen LogP contribution in [-0.4, -0.2) is 32.5 Å². The van der Waals surface area contributed by atoms with Gasteiger partial charge in [-0.15, -0.1) is 0 Å². The number of nitrogens with zero attached hydrogens (tertiary/aromatic N) is 1. The quantitative estimate of drug-likeness (QED) is 0.826. The molecule has 142 valence electrons. The van der Waals surface area contributed by atoms with Gasteiger partial charge in [0.15, 0.2) is 9.84 Å². The molecule has 0 saturated carbocycles. The number of nitrogens with one attached hydrogen (secondary N) is 1. The molecule has 1 heterocycles. The molecular formula is C20H22N2O4S. The van der Waals surface area contributed by atoms with Crippen LogP contribution in [0.1, 0.15) is 36.5 Å². The Labute approximate surface area is 159 Å². The van der Waals surface area contributed by atoms with Gasteiger partial charge in [-0.3, -0.25) is 9.59 Å². The fourth-order valence-electron chi connectivity index (χ4n) is 3.15. The Morgan fingerprint density at radius 2 is 1.81 bits per heavy atom. The van der Waals surface area contributed by atoms with Crippen molar-refractivity contribution in [2.75, 3.05) is 22.5 Å². The fourth-order valence-corrected chi connectivity index (χ4v) is 4.69. The highest BCUT2D eigenvalue weighted by atomic mass is 32.2. The van der Waals surface area contributed by atoms with Crippen molar-refractivity contribution < 1.29 is 18.0 Å². The van der Waals surface area contributed by atoms with Crippen molar-refractivity contribution in [1.29, 1.82) is 0 Å². The first-order valence-corrected chi connectivity index (χ1v) is 10.6. The van der Waals surface area contributed by atoms with Gasteiger partial charge in [0.1, 0.15) is 0 Å². The molecule has 3 rings (SSSR count). The lowest BCUT2D eigenvalue weighted by Gasteiger charge is -2.16. The molecule has 0 spiro atoms. The minimum absolute atomic E-state index is 0.00411. The van der Waals surface area contributed by atoms with E-state index < -0.39 is 15.7 Å². The summed E-state index contributed by atoms with van der Waals surface area (Å²) in [7, 11) is -3.51. The zero-order valence-electron chi connectivity index (χ0n) is 15.1. The Balaban J connectivity index is 1.79. The second-order valence-corrected chi connectivity index (χ2v) is 8.54. The van der Waals surface area contributed by atoms with E-state index in [1.807, 2.05) is 0 Å². The summed E-state index contributed by atoms with van der Waals surface area (Å²) in [5.74, 6) is -0.382. The first kappa shape index (κ1) is 19.1. The van der Waals surface area contributed by atoms with Crippen LogP contribution in [0.2, 0.25) is 0 Å². The lowest BCUT2D eigenvalue weighted by atomic mass is 10.2. The largest absolute Gasteiger partial charge is 0.322 e. The highest BCUT2D eigenvalue weighted by Crippen LogP contribution is 2.24. The van der Waals surface area contributed by atoms with Crippen molar-refractivity contribution in [3.05, 3.63) is 54.1 Å². The smallest absolute Gasteiger partial charge is 0.256 e. The molecule has 1 saturated heterocycles. The number of hydrogen-bond donors (Lipinski definition) is 1. The zero-order chi connectivity index (χ0) is 19.4. The van der Waals surface area contributed by atoms with Gasteiger partial charge in [0, 0.05) is 24.3 Å². The number of sulfone groups is 1. The molecule has 0 unspecified atom stereocenters. The molecule has 0 radical (unpaired) electrons. The maximum atomic E-state index is 12.6. The highest BCUT2D eigenvalue weighted by molar-refractivity contribution is 7.91. The van der Waals surface area contributed by atoms with Crippen LogP contribution >= 0.6 is 0 Å². The number of hydrogen-bond acceptors (Lipinski definition) is 4. The summed E-state index contributed by atoms with van der Waals surface area (Å²) in [6.45, 7) is 2.49. The number of benzene rings is 2. The van der Waals surface area contributed by atoms with E-state index >= 15 is 0 Å². The van der Waals surface area contributed by atoms with E-state index in [2.05, 4.69) is 5.32 Å². The van der Waals surface area contributed by atoms with Gasteiger partial charge in [-0.25, -0.2) is 8.42 Å². The van der Waals surface area contributed by atoms with E-state index in [0.29, 0.717) is 25.1 Å². The molecule has 0 atom stereocenters. The van der Waals surface area contributed by atoms with Crippen LogP contribution in [0.25, 0.3) is 0 Å². The van der Waals surface area contributed by atoms with Crippen LogP contribution in [0.5, 0.6) is 0 Å². The fraction of sp³-hybridized carbons (Fsp3) is 0.300. The Bertz CT molecular complexity index is 952. The molecule has 2 amide bonds. The lowest BCUT2D eigenvalue weighted by molar-refractivity contribution is -0.117. The van der Waals surface area contributed by atoms with E-state index in [1.165, 1.54) is 12.1 Å². The number of anilines is 2. The third-order valence-corrected chi connectivity index (χ3v) is 6.42. The van der Waals surface area contributed by atoms with E-state index in [9.17, 15) is 18.0 Å². The maximum Gasteiger partial charge on any atom is 0.256 e. The summed E-state index contributed by atoms with van der Waals surface area (Å²) < 4.78 is 24.8. The van der Waals surface area contributed by atoms with Gasteiger partial charge < -0.3 is 10.2 Å². The summed E-state index contributed by atoms with van der Waals surface area (Å²) in [6.07, 6.45) is 1.89. The Kier molecular flexibility index (Phi) is 5.60. The summed E-state index contributed by atoms with van der Waals surface area (Å²) in [4.78, 5) is 26.2. The minimum Gasteiger partial charge on any atom is -0.322 e. The van der Waals surface area contributed by atoms with Crippen molar-refractivity contribution in [3.63, 3.8) is 0 Å². The predicted octanol–water partition coefficient (Wildman–Crippen LogP) is 3.25. The van der Waals surface area contributed by atoms with Gasteiger partial charge in [-0.1, -0.05) is 19.1 Å². The highest BCUT2D eigenvalue weighted by Gasteiger charge is 2.23. The average molecular weight is 386 g/mol. The lowest BCUT2D eigenvalue weighted by Crippen LogP contribution is -2.23. The summed E-state index contributed by atoms with van der Waals surface area (Å²) in [5.41, 5.74) is 1.46. The van der Waals surface area contributed by atoms with Crippen molar-refractivity contribution in [2.45, 2.75) is 31.1 Å². The number of rotatable bonds is 6. The monoisotopic (exact) mass is 386 g/mol. The first-order valence-electron chi connectivity index (χ1n) is 8.96. The molecule has 0 aliphatic carbocycles. The Hall–Kier alpha value is -2.67. The molecule has 2 aromatic rings. The molecule has 0 bridgehead atoms. The van der Waals surface area contributed by atoms with Crippen LogP contribution in [0.4, 0.5) is 11.4 Å². The van der Waals surface area contributed by atoms with Crippen LogP contribution < -0.4 is 10.2 Å². The van der Waals surface area contributed by atoms with E-state index in [0.717, 1.165) is 12.1 Å². The van der Waals surface area contributed by atoms with Gasteiger partial charge in [-0.05, 0) is 49.2 Å². The molecule has 6 nitrogen and oxygen atoms in total. The maximum absolute atomic E-state index is 12.6. The van der Waals surface area contributed by atoms with Crippen molar-refractivity contribution in [2.24, 2.45) is 0 Å². The molecule has 1 N–H and O–H groups in total. The molecule has 2 aromatic carbocycles. The molecule has 1 fully saturated rings. The van der Waals surface area contributed by atoms with Gasteiger partial charge in [0.25, 0.3) is 5.91 Å². The van der Waals surface area contributed by atoms with Crippen molar-refractivity contribution >= 4 is 33.0 Å². The van der Waals surface area contributed by atoms with Crippen LogP contribution in [0, 0.1) is 0 Å². The van der Waals surface area contributed by atoms with E-state index in [4.69, 9.17) is 0 Å². The molecule has 7 heteroatoms. The van der Waals surface area contributed by atoms with Gasteiger partial charge in [0.05, 0.1) is 16.2 Å². The topological polar surface area (TPSA) is 83.6 Å². The summed E-state index contributed by atoms with van der Waals surface area (Å²) in [5, 5.41) is 2.73. The normalized spacial score (nSPS) is 14.4. The van der Waals surface area contributed by atoms with Gasteiger partial charge in [0.2, 0.25) is 5.91 Å². The average Bonchev–Trinajstić information content (AvgIpc) is 3.08. The van der Waals surface area contributed by atoms with Crippen LogP contribution in [-0.2, 0) is 14.6 Å². The van der Waals surface area contributed by atoms with Crippen LogP contribution in [0.15, 0.2) is 53.4 Å². The van der Waals surface area contributed by atoms with Gasteiger partial charge >= 0.3 is 0 Å². The first-order chi connectivity index (χ1) is 12.9. The van der Waals surface area contributed by atoms with Gasteiger partial charge in [-0.2, -0.15) is 0 Å². The predicted molar refractivity (Wildman–Crippen MR) is 105 cm³/mol. The second kappa shape index (κ2) is 7.92. The summed E-state index contributed by atoms with van der Waals surface area (Å²) in [6, 6.07) is 13.2. The molecule has 1 aliphatic heterocycles. The number of carbonyl (C=O) groups excluding carboxylic acids is 2. The van der Waals surface area contributed by atoms with E-state index in [-0.39, 0.29) is 22.1 Å². The zero-order valence-corrected chi connectivity index (χ0v) is 16.0. The summed E-state index contributed by atoms with van der Waals surface area (Å²) >= 11 is 0. The minimum atomic E-state index is -3.51. The molecular weight excluding hydrogens is 364 g/mol. The van der Waals surface area contributed by atoms with E-state index in [1.54, 1.807) is 48.2 Å². The third-order valence-electron chi connectivity index (χ3n) is 4.45. The Morgan fingerprint density at radius 1 is 1.11 bits per heavy atom. The number of carbonyl (C=O) groups is 2.